The molecule has 3 aromatic rings. The second kappa shape index (κ2) is 7.20. The minimum atomic E-state index is 0.148. The topological polar surface area (TPSA) is 109 Å². The van der Waals surface area contributed by atoms with E-state index in [2.05, 4.69) is 21.0 Å². The Hall–Kier alpha value is -3.11. The Morgan fingerprint density at radius 3 is 2.44 bits per heavy atom. The zero-order valence-electron chi connectivity index (χ0n) is 13.5. The van der Waals surface area contributed by atoms with Gasteiger partial charge in [-0.3, -0.25) is 0 Å². The van der Waals surface area contributed by atoms with Gasteiger partial charge >= 0.3 is 0 Å². The number of hydrogen-bond acceptors (Lipinski definition) is 7. The van der Waals surface area contributed by atoms with Gasteiger partial charge in [0.25, 0.3) is 0 Å². The van der Waals surface area contributed by atoms with Gasteiger partial charge < -0.3 is 10.8 Å². The number of benzene rings is 1. The van der Waals surface area contributed by atoms with Crippen LogP contribution in [-0.4, -0.2) is 25.8 Å². The van der Waals surface area contributed by atoms with E-state index in [0.717, 1.165) is 11.3 Å². The molecule has 0 fully saturated rings. The van der Waals surface area contributed by atoms with Crippen molar-refractivity contribution in [3.63, 3.8) is 0 Å². The molecule has 1 aromatic carbocycles. The van der Waals surface area contributed by atoms with E-state index < -0.39 is 0 Å². The first-order chi connectivity index (χ1) is 12.1. The first-order valence-corrected chi connectivity index (χ1v) is 8.56. The van der Waals surface area contributed by atoms with Crippen LogP contribution in [-0.2, 0) is 0 Å². The number of phenols is 1. The molecular formula is C18H15N5OS. The zero-order valence-corrected chi connectivity index (χ0v) is 14.3. The molecule has 0 aliphatic heterocycles. The Morgan fingerprint density at radius 2 is 1.84 bits per heavy atom. The fourth-order valence-corrected chi connectivity index (χ4v) is 2.86. The highest BCUT2D eigenvalue weighted by Crippen LogP contribution is 2.31. The number of nitrogens with two attached hydrogens (primary N) is 1. The molecule has 0 aliphatic rings. The Bertz CT molecular complexity index is 933. The summed E-state index contributed by atoms with van der Waals surface area (Å²) in [6.07, 6.45) is 3.36. The summed E-state index contributed by atoms with van der Waals surface area (Å²) in [4.78, 5) is 12.9. The molecule has 3 rings (SSSR count). The van der Waals surface area contributed by atoms with Crippen molar-refractivity contribution >= 4 is 17.6 Å². The van der Waals surface area contributed by atoms with E-state index in [9.17, 15) is 10.4 Å². The average molecular weight is 349 g/mol. The predicted molar refractivity (Wildman–Crippen MR) is 97.9 cm³/mol. The van der Waals surface area contributed by atoms with E-state index in [-0.39, 0.29) is 11.6 Å². The molecule has 7 heteroatoms. The normalized spacial score (nSPS) is 10.4. The third kappa shape index (κ3) is 3.54. The van der Waals surface area contributed by atoms with Gasteiger partial charge in [-0.2, -0.15) is 5.26 Å². The highest BCUT2D eigenvalue weighted by atomic mass is 32.2. The maximum absolute atomic E-state index is 9.45. The number of nitriles is 1. The van der Waals surface area contributed by atoms with Gasteiger partial charge in [-0.15, -0.1) is 0 Å². The van der Waals surface area contributed by atoms with Crippen molar-refractivity contribution in [2.75, 3.05) is 11.5 Å². The molecule has 2 heterocycles. The molecule has 0 saturated heterocycles. The molecule has 0 unspecified atom stereocenters. The van der Waals surface area contributed by atoms with Gasteiger partial charge in [-0.1, -0.05) is 18.7 Å². The van der Waals surface area contributed by atoms with E-state index >= 15 is 0 Å². The van der Waals surface area contributed by atoms with E-state index in [1.165, 1.54) is 0 Å². The minimum Gasteiger partial charge on any atom is -0.508 e. The first-order valence-electron chi connectivity index (χ1n) is 7.57. The van der Waals surface area contributed by atoms with Crippen LogP contribution in [0.1, 0.15) is 12.5 Å². The van der Waals surface area contributed by atoms with Gasteiger partial charge in [0.05, 0.1) is 5.69 Å². The number of aromatic hydroxyl groups is 1. The molecule has 0 radical (unpaired) electrons. The number of thioether (sulfide) groups is 1. The predicted octanol–water partition coefficient (Wildman–Crippen LogP) is 3.48. The Labute approximate surface area is 149 Å². The standard InChI is InChI=1S/C18H15N5OS/c1-2-25-18-21-9-12(10-22-18)14-7-16(23-17(20)15(14)8-19)11-3-5-13(24)6-4-11/h3-7,9-10,24H,2H2,1H3,(H2,20,23). The van der Waals surface area contributed by atoms with E-state index in [1.54, 1.807) is 54.5 Å². The lowest BCUT2D eigenvalue weighted by molar-refractivity contribution is 0.475. The summed E-state index contributed by atoms with van der Waals surface area (Å²) in [6, 6.07) is 10.5. The summed E-state index contributed by atoms with van der Waals surface area (Å²) in [5.74, 6) is 1.20. The first kappa shape index (κ1) is 16.7. The highest BCUT2D eigenvalue weighted by Gasteiger charge is 2.14. The van der Waals surface area contributed by atoms with E-state index in [4.69, 9.17) is 5.73 Å². The van der Waals surface area contributed by atoms with Crippen LogP contribution in [0, 0.1) is 11.3 Å². The molecule has 0 aliphatic carbocycles. The van der Waals surface area contributed by atoms with Crippen LogP contribution < -0.4 is 5.73 Å². The van der Waals surface area contributed by atoms with Crippen LogP contribution in [0.2, 0.25) is 0 Å². The lowest BCUT2D eigenvalue weighted by atomic mass is 10.0. The van der Waals surface area contributed by atoms with Crippen molar-refractivity contribution < 1.29 is 5.11 Å². The number of phenolic OH excluding ortho intramolecular Hbond substituents is 1. The molecule has 6 nitrogen and oxygen atoms in total. The van der Waals surface area contributed by atoms with Crippen molar-refractivity contribution in [1.82, 2.24) is 15.0 Å². The van der Waals surface area contributed by atoms with Gasteiger partial charge in [0.1, 0.15) is 23.2 Å². The average Bonchev–Trinajstić information content (AvgIpc) is 2.62. The number of aromatic nitrogens is 3. The van der Waals surface area contributed by atoms with E-state index in [1.807, 2.05) is 6.92 Å². The van der Waals surface area contributed by atoms with Crippen LogP contribution in [0.3, 0.4) is 0 Å². The second-order valence-corrected chi connectivity index (χ2v) is 6.39. The summed E-state index contributed by atoms with van der Waals surface area (Å²) in [6.45, 7) is 2.03. The van der Waals surface area contributed by atoms with Gasteiger partial charge in [0, 0.05) is 29.1 Å². The highest BCUT2D eigenvalue weighted by molar-refractivity contribution is 7.99. The summed E-state index contributed by atoms with van der Waals surface area (Å²) in [7, 11) is 0. The van der Waals surface area contributed by atoms with Crippen molar-refractivity contribution in [3.8, 4) is 34.2 Å². The fourth-order valence-electron chi connectivity index (χ4n) is 2.35. The Balaban J connectivity index is 2.11. The second-order valence-electron chi connectivity index (χ2n) is 5.16. The van der Waals surface area contributed by atoms with Crippen LogP contribution in [0.4, 0.5) is 5.82 Å². The smallest absolute Gasteiger partial charge is 0.187 e. The number of rotatable bonds is 4. The molecule has 2 aromatic heterocycles. The molecular weight excluding hydrogens is 334 g/mol. The van der Waals surface area contributed by atoms with Crippen molar-refractivity contribution in [1.29, 1.82) is 5.26 Å². The number of hydrogen-bond donors (Lipinski definition) is 2. The maximum atomic E-state index is 9.45. The van der Waals surface area contributed by atoms with Crippen LogP contribution >= 0.6 is 11.8 Å². The number of nitrogen functional groups attached to an aromatic ring is 1. The lowest BCUT2D eigenvalue weighted by Gasteiger charge is -2.10. The molecule has 0 amide bonds. The van der Waals surface area contributed by atoms with Gasteiger partial charge in [0.15, 0.2) is 5.16 Å². The Kier molecular flexibility index (Phi) is 4.82. The van der Waals surface area contributed by atoms with Crippen LogP contribution in [0.5, 0.6) is 5.75 Å². The number of anilines is 1. The van der Waals surface area contributed by atoms with Crippen molar-refractivity contribution in [3.05, 3.63) is 48.3 Å². The van der Waals surface area contributed by atoms with Gasteiger partial charge in [-0.25, -0.2) is 15.0 Å². The largest absolute Gasteiger partial charge is 0.508 e. The molecule has 124 valence electrons. The zero-order chi connectivity index (χ0) is 17.8. The summed E-state index contributed by atoms with van der Waals surface area (Å²) < 4.78 is 0. The molecule has 25 heavy (non-hydrogen) atoms. The molecule has 0 saturated carbocycles. The lowest BCUT2D eigenvalue weighted by Crippen LogP contribution is -2.00. The van der Waals surface area contributed by atoms with Crippen molar-refractivity contribution in [2.45, 2.75) is 12.1 Å². The number of nitrogens with zero attached hydrogens (tertiary/aromatic N) is 4. The maximum Gasteiger partial charge on any atom is 0.187 e. The molecule has 0 spiro atoms. The van der Waals surface area contributed by atoms with Crippen LogP contribution in [0.15, 0.2) is 47.9 Å². The fraction of sp³-hybridized carbons (Fsp3) is 0.111. The summed E-state index contributed by atoms with van der Waals surface area (Å²) in [5, 5.41) is 19.6. The molecule has 3 N–H and O–H groups in total. The number of pyridine rings is 1. The van der Waals surface area contributed by atoms with E-state index in [0.29, 0.717) is 27.5 Å². The third-order valence-electron chi connectivity index (χ3n) is 3.53. The van der Waals surface area contributed by atoms with Crippen LogP contribution in [0.25, 0.3) is 22.4 Å². The molecule has 0 atom stereocenters. The summed E-state index contributed by atoms with van der Waals surface area (Å²) in [5.41, 5.74) is 9.01. The summed E-state index contributed by atoms with van der Waals surface area (Å²) >= 11 is 1.55. The molecule has 0 bridgehead atoms. The monoisotopic (exact) mass is 349 g/mol. The Morgan fingerprint density at radius 1 is 1.16 bits per heavy atom. The van der Waals surface area contributed by atoms with Gasteiger partial charge in [0.2, 0.25) is 0 Å². The minimum absolute atomic E-state index is 0.148. The SMILES string of the molecule is CCSc1ncc(-c2cc(-c3ccc(O)cc3)nc(N)c2C#N)cn1. The van der Waals surface area contributed by atoms with Crippen molar-refractivity contribution in [2.24, 2.45) is 0 Å². The van der Waals surface area contributed by atoms with Gasteiger partial charge in [-0.05, 0) is 36.1 Å². The third-order valence-corrected chi connectivity index (χ3v) is 4.29. The quantitative estimate of drug-likeness (QED) is 0.548.